The quantitative estimate of drug-likeness (QED) is 0.918. The second-order valence-electron chi connectivity index (χ2n) is 4.43. The van der Waals surface area contributed by atoms with Crippen molar-refractivity contribution < 1.29 is 14.3 Å². The molecule has 0 saturated heterocycles. The van der Waals surface area contributed by atoms with Crippen LogP contribution in [-0.2, 0) is 0 Å². The highest BCUT2D eigenvalue weighted by molar-refractivity contribution is 6.31. The number of amides is 1. The van der Waals surface area contributed by atoms with Gasteiger partial charge in [-0.25, -0.2) is 0 Å². The van der Waals surface area contributed by atoms with Gasteiger partial charge in [-0.05, 0) is 42.8 Å². The zero-order valence-corrected chi connectivity index (χ0v) is 11.5. The van der Waals surface area contributed by atoms with Crippen molar-refractivity contribution in [1.82, 2.24) is 0 Å². The second kappa shape index (κ2) is 5.06. The first-order valence-corrected chi connectivity index (χ1v) is 6.49. The van der Waals surface area contributed by atoms with Gasteiger partial charge in [0.2, 0.25) is 6.79 Å². The predicted molar refractivity (Wildman–Crippen MR) is 76.7 cm³/mol. The van der Waals surface area contributed by atoms with E-state index in [9.17, 15) is 4.79 Å². The van der Waals surface area contributed by atoms with Crippen LogP contribution in [0.1, 0.15) is 15.9 Å². The summed E-state index contributed by atoms with van der Waals surface area (Å²) in [7, 11) is 0. The van der Waals surface area contributed by atoms with Crippen molar-refractivity contribution in [2.75, 3.05) is 12.1 Å². The zero-order valence-electron chi connectivity index (χ0n) is 10.8. The van der Waals surface area contributed by atoms with Crippen LogP contribution < -0.4 is 14.8 Å². The van der Waals surface area contributed by atoms with E-state index in [-0.39, 0.29) is 12.7 Å². The van der Waals surface area contributed by atoms with Gasteiger partial charge < -0.3 is 14.8 Å². The number of hydrogen-bond donors (Lipinski definition) is 1. The summed E-state index contributed by atoms with van der Waals surface area (Å²) in [5, 5.41) is 3.46. The van der Waals surface area contributed by atoms with Crippen molar-refractivity contribution in [3.05, 3.63) is 52.5 Å². The number of fused-ring (bicyclic) bond motifs is 1. The molecular formula is C15H12ClNO3. The summed E-state index contributed by atoms with van der Waals surface area (Å²) in [5.41, 5.74) is 2.04. The molecule has 102 valence electrons. The maximum absolute atomic E-state index is 12.2. The van der Waals surface area contributed by atoms with E-state index in [0.29, 0.717) is 27.8 Å². The highest BCUT2D eigenvalue weighted by atomic mass is 35.5. The van der Waals surface area contributed by atoms with E-state index in [2.05, 4.69) is 5.32 Å². The minimum Gasteiger partial charge on any atom is -0.454 e. The molecule has 0 spiro atoms. The van der Waals surface area contributed by atoms with Gasteiger partial charge >= 0.3 is 0 Å². The Kier molecular flexibility index (Phi) is 3.24. The molecule has 3 rings (SSSR count). The molecule has 2 aromatic carbocycles. The van der Waals surface area contributed by atoms with Gasteiger partial charge in [0.25, 0.3) is 5.91 Å². The third kappa shape index (κ3) is 2.30. The molecule has 0 unspecified atom stereocenters. The molecule has 5 heteroatoms. The second-order valence-corrected chi connectivity index (χ2v) is 4.84. The Bertz CT molecular complexity index is 685. The van der Waals surface area contributed by atoms with Crippen molar-refractivity contribution >= 4 is 23.2 Å². The first-order chi connectivity index (χ1) is 9.65. The van der Waals surface area contributed by atoms with E-state index in [1.54, 1.807) is 30.3 Å². The molecule has 2 aromatic rings. The van der Waals surface area contributed by atoms with Gasteiger partial charge in [0.15, 0.2) is 11.5 Å². The molecule has 1 aliphatic heterocycles. The first kappa shape index (κ1) is 12.8. The lowest BCUT2D eigenvalue weighted by Gasteiger charge is -2.09. The van der Waals surface area contributed by atoms with Crippen molar-refractivity contribution in [3.63, 3.8) is 0 Å². The lowest BCUT2D eigenvalue weighted by Crippen LogP contribution is -2.12. The molecule has 0 atom stereocenters. The average Bonchev–Trinajstić information content (AvgIpc) is 2.91. The van der Waals surface area contributed by atoms with Crippen LogP contribution in [0, 0.1) is 6.92 Å². The summed E-state index contributed by atoms with van der Waals surface area (Å²) >= 11 is 6.03. The zero-order chi connectivity index (χ0) is 14.1. The Morgan fingerprint density at radius 1 is 1.20 bits per heavy atom. The number of halogens is 1. The van der Waals surface area contributed by atoms with Gasteiger partial charge in [0.05, 0.1) is 0 Å². The van der Waals surface area contributed by atoms with Gasteiger partial charge in [-0.15, -0.1) is 0 Å². The van der Waals surface area contributed by atoms with Crippen molar-refractivity contribution in [1.29, 1.82) is 0 Å². The molecule has 20 heavy (non-hydrogen) atoms. The molecule has 0 bridgehead atoms. The molecule has 1 N–H and O–H groups in total. The summed E-state index contributed by atoms with van der Waals surface area (Å²) in [6.45, 7) is 2.05. The third-order valence-electron chi connectivity index (χ3n) is 3.15. The molecule has 0 saturated carbocycles. The maximum Gasteiger partial charge on any atom is 0.255 e. The molecule has 4 nitrogen and oxygen atoms in total. The number of carbonyl (C=O) groups excluding carboxylic acids is 1. The standard InChI is InChI=1S/C15H12ClNO3/c1-9-11(16)3-2-4-12(9)17-15(18)10-5-6-13-14(7-10)20-8-19-13/h2-7H,8H2,1H3,(H,17,18). The summed E-state index contributed by atoms with van der Waals surface area (Å²) in [4.78, 5) is 12.2. The van der Waals surface area contributed by atoms with E-state index >= 15 is 0 Å². The minimum atomic E-state index is -0.214. The highest BCUT2D eigenvalue weighted by Gasteiger charge is 2.16. The fourth-order valence-corrected chi connectivity index (χ4v) is 2.15. The number of ether oxygens (including phenoxy) is 2. The summed E-state index contributed by atoms with van der Waals surface area (Å²) < 4.78 is 10.5. The fourth-order valence-electron chi connectivity index (χ4n) is 1.98. The minimum absolute atomic E-state index is 0.188. The van der Waals surface area contributed by atoms with E-state index in [1.165, 1.54) is 0 Å². The summed E-state index contributed by atoms with van der Waals surface area (Å²) in [6, 6.07) is 10.5. The summed E-state index contributed by atoms with van der Waals surface area (Å²) in [6.07, 6.45) is 0. The third-order valence-corrected chi connectivity index (χ3v) is 3.56. The van der Waals surface area contributed by atoms with Gasteiger partial charge in [-0.1, -0.05) is 17.7 Å². The maximum atomic E-state index is 12.2. The normalized spacial score (nSPS) is 12.3. The molecular weight excluding hydrogens is 278 g/mol. The molecule has 0 radical (unpaired) electrons. The predicted octanol–water partition coefficient (Wildman–Crippen LogP) is 3.63. The van der Waals surface area contributed by atoms with Crippen LogP contribution in [-0.4, -0.2) is 12.7 Å². The van der Waals surface area contributed by atoms with Gasteiger partial charge in [0, 0.05) is 16.3 Å². The lowest BCUT2D eigenvalue weighted by atomic mass is 10.1. The molecule has 1 heterocycles. The Morgan fingerprint density at radius 2 is 2.00 bits per heavy atom. The van der Waals surface area contributed by atoms with Crippen LogP contribution in [0.5, 0.6) is 11.5 Å². The Labute approximate surface area is 121 Å². The van der Waals surface area contributed by atoms with Crippen molar-refractivity contribution in [3.8, 4) is 11.5 Å². The Morgan fingerprint density at radius 3 is 2.85 bits per heavy atom. The average molecular weight is 290 g/mol. The number of rotatable bonds is 2. The molecule has 1 aliphatic rings. The Hall–Kier alpha value is -2.20. The Balaban J connectivity index is 1.84. The van der Waals surface area contributed by atoms with E-state index < -0.39 is 0 Å². The van der Waals surface area contributed by atoms with E-state index in [0.717, 1.165) is 5.56 Å². The number of carbonyl (C=O) groups is 1. The van der Waals surface area contributed by atoms with E-state index in [1.807, 2.05) is 13.0 Å². The first-order valence-electron chi connectivity index (χ1n) is 6.11. The smallest absolute Gasteiger partial charge is 0.255 e. The van der Waals surface area contributed by atoms with Crippen LogP contribution >= 0.6 is 11.6 Å². The van der Waals surface area contributed by atoms with Crippen LogP contribution in [0.15, 0.2) is 36.4 Å². The van der Waals surface area contributed by atoms with Crippen molar-refractivity contribution in [2.45, 2.75) is 6.92 Å². The number of hydrogen-bond acceptors (Lipinski definition) is 3. The monoisotopic (exact) mass is 289 g/mol. The van der Waals surface area contributed by atoms with E-state index in [4.69, 9.17) is 21.1 Å². The van der Waals surface area contributed by atoms with Gasteiger partial charge in [-0.2, -0.15) is 0 Å². The summed E-state index contributed by atoms with van der Waals surface area (Å²) in [5.74, 6) is 1.02. The lowest BCUT2D eigenvalue weighted by molar-refractivity contribution is 0.102. The topological polar surface area (TPSA) is 47.6 Å². The number of benzene rings is 2. The SMILES string of the molecule is Cc1c(Cl)cccc1NC(=O)c1ccc2c(c1)OCO2. The van der Waals surface area contributed by atoms with Gasteiger partial charge in [-0.3, -0.25) is 4.79 Å². The van der Waals surface area contributed by atoms with Crippen LogP contribution in [0.3, 0.4) is 0 Å². The fraction of sp³-hybridized carbons (Fsp3) is 0.133. The molecule has 1 amide bonds. The van der Waals surface area contributed by atoms with Crippen molar-refractivity contribution in [2.24, 2.45) is 0 Å². The van der Waals surface area contributed by atoms with Crippen LogP contribution in [0.2, 0.25) is 5.02 Å². The van der Waals surface area contributed by atoms with Gasteiger partial charge in [0.1, 0.15) is 0 Å². The molecule has 0 aromatic heterocycles. The number of nitrogens with one attached hydrogen (secondary N) is 1. The largest absolute Gasteiger partial charge is 0.454 e. The van der Waals surface area contributed by atoms with Crippen LogP contribution in [0.25, 0.3) is 0 Å². The highest BCUT2D eigenvalue weighted by Crippen LogP contribution is 2.33. The number of anilines is 1. The molecule has 0 aliphatic carbocycles. The molecule has 0 fully saturated rings. The van der Waals surface area contributed by atoms with Crippen LogP contribution in [0.4, 0.5) is 5.69 Å².